The van der Waals surface area contributed by atoms with Crippen LogP contribution in [0.15, 0.2) is 0 Å². The van der Waals surface area contributed by atoms with Gasteiger partial charge in [-0.3, -0.25) is 9.59 Å². The Balaban J connectivity index is 1.42. The SMILES string of the molecule is O=C(COc1nnc(C2CC2)n1OO)Nc1[nH]c2c(c1C(=O)NCCOOO)CCCC2. The van der Waals surface area contributed by atoms with Crippen LogP contribution in [0.5, 0.6) is 6.01 Å². The van der Waals surface area contributed by atoms with E-state index in [4.69, 9.17) is 15.3 Å². The third-order valence-electron chi connectivity index (χ3n) is 5.29. The lowest BCUT2D eigenvalue weighted by molar-refractivity contribution is -0.489. The molecule has 2 heterocycles. The number of rotatable bonds is 11. The average molecular weight is 452 g/mol. The third kappa shape index (κ3) is 4.83. The van der Waals surface area contributed by atoms with Crippen molar-refractivity contribution in [1.29, 1.82) is 0 Å². The fourth-order valence-corrected chi connectivity index (χ4v) is 3.69. The predicted octanol–water partition coefficient (Wildman–Crippen LogP) is 0.433. The average Bonchev–Trinajstić information content (AvgIpc) is 3.45. The third-order valence-corrected chi connectivity index (χ3v) is 5.29. The Morgan fingerprint density at radius 1 is 1.19 bits per heavy atom. The summed E-state index contributed by atoms with van der Waals surface area (Å²) in [4.78, 5) is 37.0. The van der Waals surface area contributed by atoms with Crippen LogP contribution in [0.2, 0.25) is 0 Å². The van der Waals surface area contributed by atoms with E-state index in [0.717, 1.165) is 48.1 Å². The molecule has 174 valence electrons. The van der Waals surface area contributed by atoms with Crippen molar-refractivity contribution in [2.75, 3.05) is 25.1 Å². The van der Waals surface area contributed by atoms with Gasteiger partial charge < -0.3 is 20.4 Å². The van der Waals surface area contributed by atoms with E-state index in [1.54, 1.807) is 0 Å². The van der Waals surface area contributed by atoms with Crippen LogP contribution in [0.4, 0.5) is 5.82 Å². The fourth-order valence-electron chi connectivity index (χ4n) is 3.69. The Bertz CT molecular complexity index is 969. The smallest absolute Gasteiger partial charge is 0.354 e. The number of hydrogen-bond donors (Lipinski definition) is 5. The molecule has 2 aromatic rings. The van der Waals surface area contributed by atoms with Crippen LogP contribution in [0.3, 0.4) is 0 Å². The Kier molecular flexibility index (Phi) is 6.84. The molecule has 32 heavy (non-hydrogen) atoms. The summed E-state index contributed by atoms with van der Waals surface area (Å²) in [5.41, 5.74) is 2.10. The van der Waals surface area contributed by atoms with E-state index in [0.29, 0.717) is 17.8 Å². The number of H-pyrrole nitrogens is 1. The lowest BCUT2D eigenvalue weighted by Gasteiger charge is -2.13. The van der Waals surface area contributed by atoms with Gasteiger partial charge in [0, 0.05) is 18.2 Å². The normalized spacial score (nSPS) is 15.2. The van der Waals surface area contributed by atoms with Gasteiger partial charge in [-0.25, -0.2) is 15.1 Å². The number of carbonyl (C=O) groups excluding carboxylic acids is 2. The highest BCUT2D eigenvalue weighted by molar-refractivity contribution is 6.04. The molecule has 0 unspecified atom stereocenters. The molecule has 0 radical (unpaired) electrons. The first-order chi connectivity index (χ1) is 15.6. The second kappa shape index (κ2) is 9.95. The number of aromatic nitrogens is 4. The summed E-state index contributed by atoms with van der Waals surface area (Å²) in [6, 6.07) is -0.153. The van der Waals surface area contributed by atoms with Crippen molar-refractivity contribution in [3.63, 3.8) is 0 Å². The van der Waals surface area contributed by atoms with Crippen LogP contribution in [0, 0.1) is 0 Å². The number of hydrogen-bond acceptors (Lipinski definition) is 10. The molecule has 0 saturated heterocycles. The Morgan fingerprint density at radius 3 is 2.75 bits per heavy atom. The van der Waals surface area contributed by atoms with E-state index in [9.17, 15) is 9.59 Å². The molecule has 2 aromatic heterocycles. The number of fused-ring (bicyclic) bond motifs is 1. The van der Waals surface area contributed by atoms with Gasteiger partial charge in [-0.1, -0.05) is 14.9 Å². The number of nitrogens with zero attached hydrogens (tertiary/aromatic N) is 3. The predicted molar refractivity (Wildman–Crippen MR) is 105 cm³/mol. The minimum atomic E-state index is -0.546. The van der Waals surface area contributed by atoms with Crippen molar-refractivity contribution in [2.45, 2.75) is 44.4 Å². The number of carbonyl (C=O) groups is 2. The van der Waals surface area contributed by atoms with Gasteiger partial charge >= 0.3 is 6.01 Å². The molecule has 1 fully saturated rings. The molecule has 14 heteroatoms. The number of ether oxygens (including phenoxy) is 1. The standard InChI is InChI=1S/C18H24N6O8/c25-13(9-29-18-23-22-16(10-5-6-10)24(18)31-27)21-15-14(17(26)19-7-8-30-32-28)11-3-1-2-4-12(11)20-15/h10,20,27-28H,1-9H2,(H,19,26)(H,21,25). The zero-order valence-corrected chi connectivity index (χ0v) is 17.1. The number of aromatic amines is 1. The van der Waals surface area contributed by atoms with Crippen molar-refractivity contribution >= 4 is 17.6 Å². The first kappa shape index (κ1) is 22.0. The van der Waals surface area contributed by atoms with Crippen LogP contribution in [-0.4, -0.2) is 62.0 Å². The second-order valence-electron chi connectivity index (χ2n) is 7.52. The zero-order valence-electron chi connectivity index (χ0n) is 17.1. The molecule has 2 amide bonds. The van der Waals surface area contributed by atoms with Gasteiger partial charge in [0.15, 0.2) is 12.4 Å². The molecule has 0 spiro atoms. The number of nitrogens with one attached hydrogen (secondary N) is 3. The highest BCUT2D eigenvalue weighted by Crippen LogP contribution is 2.39. The summed E-state index contributed by atoms with van der Waals surface area (Å²) in [5, 5.41) is 33.8. The minimum absolute atomic E-state index is 0.0547. The van der Waals surface area contributed by atoms with Crippen molar-refractivity contribution < 1.29 is 39.8 Å². The van der Waals surface area contributed by atoms with Crippen LogP contribution in [0.1, 0.15) is 59.0 Å². The summed E-state index contributed by atoms with van der Waals surface area (Å²) < 4.78 is 6.28. The van der Waals surface area contributed by atoms with Crippen LogP contribution >= 0.6 is 0 Å². The van der Waals surface area contributed by atoms with Gasteiger partial charge in [0.25, 0.3) is 11.8 Å². The quantitative estimate of drug-likeness (QED) is 0.182. The molecule has 0 atom stereocenters. The first-order valence-electron chi connectivity index (χ1n) is 10.3. The Hall–Kier alpha value is -3.20. The molecule has 5 N–H and O–H groups in total. The molecule has 0 aliphatic heterocycles. The minimum Gasteiger partial charge on any atom is -0.451 e. The van der Waals surface area contributed by atoms with E-state index >= 15 is 0 Å². The van der Waals surface area contributed by atoms with Crippen LogP contribution < -0.4 is 20.4 Å². The Morgan fingerprint density at radius 2 is 2.00 bits per heavy atom. The van der Waals surface area contributed by atoms with Crippen molar-refractivity contribution in [3.05, 3.63) is 22.6 Å². The summed E-state index contributed by atoms with van der Waals surface area (Å²) in [7, 11) is 0. The monoisotopic (exact) mass is 452 g/mol. The molecular formula is C18H24N6O8. The molecule has 2 aliphatic carbocycles. The molecule has 14 nitrogen and oxygen atoms in total. The molecule has 0 bridgehead atoms. The number of amides is 2. The summed E-state index contributed by atoms with van der Waals surface area (Å²) in [5.74, 6) is -0.114. The van der Waals surface area contributed by atoms with Gasteiger partial charge in [-0.2, -0.15) is 5.26 Å². The maximum atomic E-state index is 12.7. The van der Waals surface area contributed by atoms with Gasteiger partial charge in [0.05, 0.1) is 5.56 Å². The van der Waals surface area contributed by atoms with Gasteiger partial charge in [0.2, 0.25) is 0 Å². The first-order valence-corrected chi connectivity index (χ1v) is 10.3. The number of aryl methyl sites for hydroxylation is 1. The van der Waals surface area contributed by atoms with E-state index in [1.807, 2.05) is 0 Å². The molecule has 4 rings (SSSR count). The summed E-state index contributed by atoms with van der Waals surface area (Å²) >= 11 is 0. The van der Waals surface area contributed by atoms with E-state index in [-0.39, 0.29) is 30.9 Å². The number of anilines is 1. The zero-order chi connectivity index (χ0) is 22.5. The molecular weight excluding hydrogens is 428 g/mol. The van der Waals surface area contributed by atoms with Crippen molar-refractivity contribution in [2.24, 2.45) is 0 Å². The largest absolute Gasteiger partial charge is 0.451 e. The van der Waals surface area contributed by atoms with Gasteiger partial charge in [0.1, 0.15) is 12.4 Å². The van der Waals surface area contributed by atoms with Crippen molar-refractivity contribution in [1.82, 2.24) is 25.2 Å². The maximum Gasteiger partial charge on any atom is 0.354 e. The van der Waals surface area contributed by atoms with E-state index < -0.39 is 18.4 Å². The molecule has 1 saturated carbocycles. The summed E-state index contributed by atoms with van der Waals surface area (Å²) in [6.07, 6.45) is 5.20. The highest BCUT2D eigenvalue weighted by Gasteiger charge is 2.32. The van der Waals surface area contributed by atoms with Gasteiger partial charge in [-0.05, 0) is 44.1 Å². The maximum absolute atomic E-state index is 12.7. The molecule has 0 aromatic carbocycles. The van der Waals surface area contributed by atoms with E-state index in [1.165, 1.54) is 0 Å². The fraction of sp³-hybridized carbons (Fsp3) is 0.556. The Labute approximate surface area is 181 Å². The van der Waals surface area contributed by atoms with Crippen LogP contribution in [0.25, 0.3) is 0 Å². The lowest BCUT2D eigenvalue weighted by atomic mass is 9.94. The lowest BCUT2D eigenvalue weighted by Crippen LogP contribution is -2.29. The molecule has 2 aliphatic rings. The highest BCUT2D eigenvalue weighted by atomic mass is 17.5. The van der Waals surface area contributed by atoms with Crippen molar-refractivity contribution in [3.8, 4) is 6.01 Å². The summed E-state index contributed by atoms with van der Waals surface area (Å²) in [6.45, 7) is -0.407. The second-order valence-corrected chi connectivity index (χ2v) is 7.52. The topological polar surface area (TPSA) is 182 Å². The van der Waals surface area contributed by atoms with Crippen LogP contribution in [-0.2, 0) is 27.6 Å². The van der Waals surface area contributed by atoms with E-state index in [2.05, 4.69) is 40.7 Å². The van der Waals surface area contributed by atoms with Gasteiger partial charge in [-0.15, -0.1) is 5.10 Å².